The maximum absolute atomic E-state index is 2.55. The molecule has 86 heavy (non-hydrogen) atoms. The average molecular weight is 1090 g/mol. The predicted molar refractivity (Wildman–Crippen MR) is 357 cm³/mol. The van der Waals surface area contributed by atoms with Gasteiger partial charge in [0.25, 0.3) is 0 Å². The average Bonchev–Trinajstić information content (AvgIpc) is 1.49. The Morgan fingerprint density at radius 2 is 0.733 bits per heavy atom. The highest BCUT2D eigenvalue weighted by Gasteiger charge is 2.51. The second kappa shape index (κ2) is 18.7. The first-order chi connectivity index (χ1) is 42.7. The molecular formula is C84H54N2. The van der Waals surface area contributed by atoms with E-state index in [1.165, 1.54) is 122 Å². The number of para-hydroxylation sites is 4. The first-order valence-corrected chi connectivity index (χ1v) is 30.0. The zero-order valence-electron chi connectivity index (χ0n) is 47.1. The molecule has 400 valence electrons. The normalized spacial score (nSPS) is 14.7. The summed E-state index contributed by atoms with van der Waals surface area (Å²) in [6, 6.07) is 123. The monoisotopic (exact) mass is 1090 g/mol. The molecule has 15 aromatic rings. The van der Waals surface area contributed by atoms with E-state index in [0.717, 1.165) is 33.6 Å². The highest BCUT2D eigenvalue weighted by Crippen LogP contribution is 2.62. The van der Waals surface area contributed by atoms with Crippen LogP contribution in [0.25, 0.3) is 93.9 Å². The topological polar surface area (TPSA) is 8.17 Å². The Morgan fingerprint density at radius 1 is 0.244 bits per heavy atom. The maximum atomic E-state index is 2.55. The van der Waals surface area contributed by atoms with Crippen LogP contribution >= 0.6 is 0 Å². The van der Waals surface area contributed by atoms with E-state index in [1.54, 1.807) is 0 Å². The Bertz CT molecular complexity index is 5190. The van der Waals surface area contributed by atoms with Gasteiger partial charge in [-0.25, -0.2) is 0 Å². The fourth-order valence-electron chi connectivity index (χ4n) is 15.8. The third-order valence-corrected chi connectivity index (χ3v) is 19.3. The minimum atomic E-state index is -0.583. The number of aromatic nitrogens is 1. The van der Waals surface area contributed by atoms with Gasteiger partial charge in [-0.05, 0) is 142 Å². The summed E-state index contributed by atoms with van der Waals surface area (Å²) in [7, 11) is 0. The van der Waals surface area contributed by atoms with Gasteiger partial charge >= 0.3 is 0 Å². The lowest BCUT2D eigenvalue weighted by atomic mass is 9.65. The molecule has 0 fully saturated rings. The molecule has 0 bridgehead atoms. The number of nitrogens with zero attached hydrogens (tertiary/aromatic N) is 2. The van der Waals surface area contributed by atoms with Gasteiger partial charge < -0.3 is 9.47 Å². The lowest BCUT2D eigenvalue weighted by molar-refractivity contribution is 0.749. The van der Waals surface area contributed by atoms with E-state index in [1.807, 2.05) is 0 Å². The van der Waals surface area contributed by atoms with Crippen LogP contribution in [0.2, 0.25) is 0 Å². The summed E-state index contributed by atoms with van der Waals surface area (Å²) in [4.78, 5) is 2.55. The zero-order valence-corrected chi connectivity index (χ0v) is 47.1. The van der Waals surface area contributed by atoms with E-state index in [9.17, 15) is 0 Å². The lowest BCUT2D eigenvalue weighted by Gasteiger charge is -2.39. The number of benzene rings is 14. The Hall–Kier alpha value is -11.1. The van der Waals surface area contributed by atoms with Crippen molar-refractivity contribution < 1.29 is 0 Å². The van der Waals surface area contributed by atoms with Crippen molar-refractivity contribution in [2.75, 3.05) is 4.90 Å². The van der Waals surface area contributed by atoms with Gasteiger partial charge in [-0.3, -0.25) is 0 Å². The zero-order chi connectivity index (χ0) is 56.5. The molecule has 2 nitrogen and oxygen atoms in total. The van der Waals surface area contributed by atoms with Gasteiger partial charge in [-0.15, -0.1) is 0 Å². The van der Waals surface area contributed by atoms with E-state index in [-0.39, 0.29) is 0 Å². The van der Waals surface area contributed by atoms with E-state index in [2.05, 4.69) is 337 Å². The molecule has 1 aliphatic heterocycles. The summed E-state index contributed by atoms with van der Waals surface area (Å²) >= 11 is 0. The van der Waals surface area contributed by atoms with E-state index in [0.29, 0.717) is 0 Å². The van der Waals surface area contributed by atoms with Crippen LogP contribution in [-0.2, 0) is 10.8 Å². The molecule has 2 aliphatic carbocycles. The Kier molecular flexibility index (Phi) is 10.6. The summed E-state index contributed by atoms with van der Waals surface area (Å²) in [5.74, 6) is 0. The van der Waals surface area contributed by atoms with Crippen LogP contribution in [0.15, 0.2) is 328 Å². The van der Waals surface area contributed by atoms with Crippen LogP contribution in [0, 0.1) is 0 Å². The van der Waals surface area contributed by atoms with Gasteiger partial charge in [0.1, 0.15) is 0 Å². The van der Waals surface area contributed by atoms with Crippen LogP contribution in [0.4, 0.5) is 17.1 Å². The van der Waals surface area contributed by atoms with Crippen molar-refractivity contribution in [2.24, 2.45) is 0 Å². The van der Waals surface area contributed by atoms with Crippen molar-refractivity contribution in [3.63, 3.8) is 0 Å². The minimum Gasteiger partial charge on any atom is -0.309 e. The number of anilines is 3. The largest absolute Gasteiger partial charge is 0.309 e. The number of hydrogen-bond donors (Lipinski definition) is 0. The van der Waals surface area contributed by atoms with E-state index >= 15 is 0 Å². The van der Waals surface area contributed by atoms with Crippen molar-refractivity contribution >= 4 is 49.6 Å². The molecule has 14 aromatic carbocycles. The third kappa shape index (κ3) is 6.67. The Balaban J connectivity index is 0.870. The fraction of sp³-hybridized carbons (Fsp3) is 0.0238. The van der Waals surface area contributed by atoms with Gasteiger partial charge in [0.2, 0.25) is 0 Å². The molecule has 0 radical (unpaired) electrons. The van der Waals surface area contributed by atoms with Gasteiger partial charge in [0, 0.05) is 27.4 Å². The van der Waals surface area contributed by atoms with Crippen LogP contribution in [-0.4, -0.2) is 4.57 Å². The Morgan fingerprint density at radius 3 is 1.47 bits per heavy atom. The summed E-state index contributed by atoms with van der Waals surface area (Å²) in [5, 5.41) is 4.91. The van der Waals surface area contributed by atoms with Crippen molar-refractivity contribution in [1.29, 1.82) is 0 Å². The summed E-state index contributed by atoms with van der Waals surface area (Å²) in [6.07, 6.45) is 0. The van der Waals surface area contributed by atoms with Gasteiger partial charge in [-0.1, -0.05) is 285 Å². The molecule has 0 N–H and O–H groups in total. The number of rotatable bonds is 8. The molecule has 1 atom stereocenters. The van der Waals surface area contributed by atoms with E-state index < -0.39 is 10.8 Å². The van der Waals surface area contributed by atoms with Gasteiger partial charge in [0.15, 0.2) is 0 Å². The lowest BCUT2D eigenvalue weighted by Crippen LogP contribution is -2.33. The molecule has 18 rings (SSSR count). The molecule has 3 aliphatic rings. The number of hydrogen-bond acceptors (Lipinski definition) is 1. The molecule has 1 aromatic heterocycles. The molecule has 2 heteroatoms. The maximum Gasteiger partial charge on any atom is 0.0754 e. The molecule has 0 amide bonds. The second-order valence-electron chi connectivity index (χ2n) is 23.4. The highest BCUT2D eigenvalue weighted by atomic mass is 15.1. The molecule has 1 spiro atoms. The standard InChI is InChI=1S/C84H54N2/c1-4-23-55(24-5-1)56-43-45-57(46-44-56)63-29-14-19-40-78(63)85(61-48-50-68-65-31-12-16-36-72(65)83(77(68)54-61,59-25-6-2-7-26-59)60-27-8-3-9-28-60)80-52-51-62(64-30-10-11-33-69(64)80)58-47-49-67-66-32-13-17-37-73(66)84(76(67)53-58)74-38-18-21-42-81(74)86-79-41-20-15-34-70(79)71-35-22-39-75(84)82(71)86/h1-54H. The summed E-state index contributed by atoms with van der Waals surface area (Å²) in [6.45, 7) is 0. The molecular weight excluding hydrogens is 1040 g/mol. The Labute approximate surface area is 500 Å². The van der Waals surface area contributed by atoms with Crippen molar-refractivity contribution in [3.8, 4) is 61.3 Å². The van der Waals surface area contributed by atoms with Crippen LogP contribution in [0.1, 0.15) is 44.5 Å². The van der Waals surface area contributed by atoms with Gasteiger partial charge in [0.05, 0.1) is 38.9 Å². The van der Waals surface area contributed by atoms with E-state index in [4.69, 9.17) is 0 Å². The smallest absolute Gasteiger partial charge is 0.0754 e. The molecule has 1 unspecified atom stereocenters. The summed E-state index contributed by atoms with van der Waals surface area (Å²) < 4.78 is 2.53. The minimum absolute atomic E-state index is 0.570. The quantitative estimate of drug-likeness (QED) is 0.147. The van der Waals surface area contributed by atoms with Crippen molar-refractivity contribution in [1.82, 2.24) is 4.57 Å². The third-order valence-electron chi connectivity index (χ3n) is 19.3. The van der Waals surface area contributed by atoms with Crippen LogP contribution in [0.3, 0.4) is 0 Å². The van der Waals surface area contributed by atoms with Crippen molar-refractivity contribution in [2.45, 2.75) is 10.8 Å². The number of fused-ring (bicyclic) bond motifs is 16. The molecule has 2 heterocycles. The van der Waals surface area contributed by atoms with Crippen molar-refractivity contribution in [3.05, 3.63) is 372 Å². The summed E-state index contributed by atoms with van der Waals surface area (Å²) in [5.41, 5.74) is 28.3. The highest BCUT2D eigenvalue weighted by molar-refractivity contribution is 6.13. The second-order valence-corrected chi connectivity index (χ2v) is 23.4. The fourth-order valence-corrected chi connectivity index (χ4v) is 15.8. The first kappa shape index (κ1) is 48.5. The molecule has 0 saturated carbocycles. The van der Waals surface area contributed by atoms with Crippen LogP contribution in [0.5, 0.6) is 0 Å². The van der Waals surface area contributed by atoms with Gasteiger partial charge in [-0.2, -0.15) is 0 Å². The first-order valence-electron chi connectivity index (χ1n) is 30.0. The molecule has 0 saturated heterocycles. The van der Waals surface area contributed by atoms with Crippen LogP contribution < -0.4 is 4.90 Å². The predicted octanol–water partition coefficient (Wildman–Crippen LogP) is 21.4. The SMILES string of the molecule is c1ccc(-c2ccc(-c3ccccc3N(c3ccc4c(c3)C(c3ccccc3)(c3ccccc3)c3ccccc3-4)c3ccc(-c4ccc5c(c4)C4(c6ccccc6-5)c5ccccc5-n5c6ccccc6c6cccc4c65)c4ccccc34)cc2)cc1.